The van der Waals surface area contributed by atoms with E-state index in [4.69, 9.17) is 11.6 Å². The first-order chi connectivity index (χ1) is 11.2. The molecule has 23 heavy (non-hydrogen) atoms. The summed E-state index contributed by atoms with van der Waals surface area (Å²) in [6.45, 7) is 2.51. The highest BCUT2D eigenvalue weighted by Crippen LogP contribution is 2.28. The fourth-order valence-corrected chi connectivity index (χ4v) is 4.61. The second kappa shape index (κ2) is 8.16. The van der Waals surface area contributed by atoms with E-state index in [2.05, 4.69) is 11.4 Å². The van der Waals surface area contributed by atoms with Gasteiger partial charge in [0.25, 0.3) is 5.91 Å². The summed E-state index contributed by atoms with van der Waals surface area (Å²) in [4.78, 5) is 13.8. The van der Waals surface area contributed by atoms with Crippen molar-refractivity contribution in [1.82, 2.24) is 5.32 Å². The lowest BCUT2D eigenvalue weighted by molar-refractivity contribution is -0.928. The molecule has 0 bridgehead atoms. The number of likely N-dealkylation sites (tertiary alicyclic amines) is 1. The highest BCUT2D eigenvalue weighted by molar-refractivity contribution is 6.30. The van der Waals surface area contributed by atoms with Crippen LogP contribution < -0.4 is 10.2 Å². The summed E-state index contributed by atoms with van der Waals surface area (Å²) in [6.07, 6.45) is 8.94. The van der Waals surface area contributed by atoms with Crippen molar-refractivity contribution in [3.8, 4) is 0 Å². The summed E-state index contributed by atoms with van der Waals surface area (Å²) in [5.74, 6) is 1.07. The van der Waals surface area contributed by atoms with Gasteiger partial charge in [0.2, 0.25) is 0 Å². The Kier molecular flexibility index (Phi) is 5.96. The van der Waals surface area contributed by atoms with Crippen LogP contribution in [0.1, 0.15) is 44.1 Å². The Labute approximate surface area is 144 Å². The molecule has 2 N–H and O–H groups in total. The molecule has 0 spiro atoms. The van der Waals surface area contributed by atoms with Crippen molar-refractivity contribution >= 4 is 17.5 Å². The number of halogens is 1. The Bertz CT molecular complexity index is 532. The van der Waals surface area contributed by atoms with Crippen LogP contribution in [0.25, 0.3) is 0 Å². The lowest BCUT2D eigenvalue weighted by atomic mass is 9.78. The summed E-state index contributed by atoms with van der Waals surface area (Å²) in [7, 11) is 0. The molecular weight excluding hydrogens is 308 g/mol. The summed E-state index contributed by atoms with van der Waals surface area (Å²) in [5.41, 5.74) is 1.18. The Hall–Kier alpha value is -1.06. The van der Waals surface area contributed by atoms with E-state index >= 15 is 0 Å². The van der Waals surface area contributed by atoms with E-state index in [0.29, 0.717) is 13.1 Å². The van der Waals surface area contributed by atoms with Crippen LogP contribution in [0.4, 0.5) is 0 Å². The minimum absolute atomic E-state index is 0.202. The molecule has 3 atom stereocenters. The van der Waals surface area contributed by atoms with E-state index in [0.717, 1.165) is 23.4 Å². The molecule has 3 rings (SSSR count). The van der Waals surface area contributed by atoms with Crippen LogP contribution in [-0.2, 0) is 11.2 Å². The summed E-state index contributed by atoms with van der Waals surface area (Å²) >= 11 is 5.99. The number of amides is 1. The second-order valence-corrected chi connectivity index (χ2v) is 7.54. The molecule has 2 aliphatic rings. The number of hydrogen-bond acceptors (Lipinski definition) is 1. The van der Waals surface area contributed by atoms with E-state index in [-0.39, 0.29) is 5.91 Å². The van der Waals surface area contributed by atoms with Crippen molar-refractivity contribution in [2.45, 2.75) is 51.0 Å². The average molecular weight is 336 g/mol. The van der Waals surface area contributed by atoms with Gasteiger partial charge in [0, 0.05) is 17.5 Å². The van der Waals surface area contributed by atoms with Crippen LogP contribution in [0.3, 0.4) is 0 Å². The number of quaternary nitrogens is 1. The Morgan fingerprint density at radius 2 is 2.04 bits per heavy atom. The molecule has 1 aromatic carbocycles. The van der Waals surface area contributed by atoms with Gasteiger partial charge in [0.15, 0.2) is 6.54 Å². The highest BCUT2D eigenvalue weighted by Gasteiger charge is 2.37. The Balaban J connectivity index is 1.43. The number of hydrogen-bond donors (Lipinski definition) is 2. The van der Waals surface area contributed by atoms with Crippen LogP contribution in [-0.4, -0.2) is 31.6 Å². The molecule has 1 unspecified atom stereocenters. The van der Waals surface area contributed by atoms with E-state index in [1.807, 2.05) is 18.2 Å². The fourth-order valence-electron chi connectivity index (χ4n) is 4.39. The molecule has 1 aliphatic carbocycles. The van der Waals surface area contributed by atoms with E-state index in [9.17, 15) is 4.79 Å². The highest BCUT2D eigenvalue weighted by atomic mass is 35.5. The van der Waals surface area contributed by atoms with Gasteiger partial charge in [-0.1, -0.05) is 30.2 Å². The predicted molar refractivity (Wildman–Crippen MR) is 93.8 cm³/mol. The largest absolute Gasteiger partial charge is 0.351 e. The third kappa shape index (κ3) is 4.71. The van der Waals surface area contributed by atoms with Crippen molar-refractivity contribution in [2.75, 3.05) is 19.6 Å². The van der Waals surface area contributed by atoms with Crippen LogP contribution >= 0.6 is 11.6 Å². The third-order valence-electron chi connectivity index (χ3n) is 5.52. The Morgan fingerprint density at radius 1 is 1.22 bits per heavy atom. The first-order valence-electron chi connectivity index (χ1n) is 9.08. The molecule has 0 aromatic heterocycles. The maximum absolute atomic E-state index is 12.3. The minimum Gasteiger partial charge on any atom is -0.351 e. The van der Waals surface area contributed by atoms with E-state index in [1.54, 1.807) is 0 Å². The van der Waals surface area contributed by atoms with Gasteiger partial charge < -0.3 is 10.2 Å². The van der Waals surface area contributed by atoms with Gasteiger partial charge in [-0.05, 0) is 56.2 Å². The monoisotopic (exact) mass is 335 g/mol. The molecule has 126 valence electrons. The topological polar surface area (TPSA) is 33.5 Å². The van der Waals surface area contributed by atoms with Crippen molar-refractivity contribution in [3.63, 3.8) is 0 Å². The lowest BCUT2D eigenvalue weighted by Crippen LogP contribution is -3.18. The van der Waals surface area contributed by atoms with Crippen molar-refractivity contribution in [3.05, 3.63) is 34.9 Å². The molecular formula is C19H28ClN2O+. The molecule has 1 heterocycles. The minimum atomic E-state index is 0.202. The summed E-state index contributed by atoms with van der Waals surface area (Å²) in [5, 5.41) is 3.85. The number of fused-ring (bicyclic) bond motifs is 1. The van der Waals surface area contributed by atoms with E-state index in [1.165, 1.54) is 55.5 Å². The molecule has 1 saturated heterocycles. The zero-order valence-corrected chi connectivity index (χ0v) is 14.6. The van der Waals surface area contributed by atoms with Crippen LogP contribution in [0.5, 0.6) is 0 Å². The number of carbonyl (C=O) groups is 1. The summed E-state index contributed by atoms with van der Waals surface area (Å²) in [6, 6.07) is 8.59. The zero-order chi connectivity index (χ0) is 16.1. The van der Waals surface area contributed by atoms with Crippen molar-refractivity contribution in [2.24, 2.45) is 5.92 Å². The molecule has 1 saturated carbocycles. The number of nitrogens with one attached hydrogen (secondary N) is 2. The smallest absolute Gasteiger partial charge is 0.275 e. The van der Waals surface area contributed by atoms with Crippen molar-refractivity contribution < 1.29 is 9.69 Å². The molecule has 4 heteroatoms. The standard InChI is InChI=1S/C19H27ClN2O/c20-17-8-3-5-15(13-17)10-11-21-19(23)14-22-12-4-7-16-6-1-2-9-18(16)22/h3,5,8,13,16,18H,1-2,4,6-7,9-12,14H2,(H,21,23)/p+1/t16-,18-/m0/s1. The molecule has 1 amide bonds. The SMILES string of the molecule is O=C(C[NH+]1CCC[C@@H]2CCCC[C@@H]21)NCCc1cccc(Cl)c1. The maximum Gasteiger partial charge on any atom is 0.275 e. The number of benzene rings is 1. The zero-order valence-electron chi connectivity index (χ0n) is 13.8. The van der Waals surface area contributed by atoms with Crippen LogP contribution in [0.2, 0.25) is 5.02 Å². The number of carbonyl (C=O) groups excluding carboxylic acids is 1. The molecule has 1 aromatic rings. The average Bonchev–Trinajstić information content (AvgIpc) is 2.55. The molecule has 2 fully saturated rings. The summed E-state index contributed by atoms with van der Waals surface area (Å²) < 4.78 is 0. The van der Waals surface area contributed by atoms with Gasteiger partial charge in [0.05, 0.1) is 12.6 Å². The second-order valence-electron chi connectivity index (χ2n) is 7.11. The van der Waals surface area contributed by atoms with Gasteiger partial charge in [0.1, 0.15) is 0 Å². The van der Waals surface area contributed by atoms with Gasteiger partial charge in [-0.3, -0.25) is 4.79 Å². The van der Waals surface area contributed by atoms with Gasteiger partial charge in [-0.25, -0.2) is 0 Å². The maximum atomic E-state index is 12.3. The van der Waals surface area contributed by atoms with Crippen molar-refractivity contribution in [1.29, 1.82) is 0 Å². The van der Waals surface area contributed by atoms with E-state index < -0.39 is 0 Å². The fraction of sp³-hybridized carbons (Fsp3) is 0.632. The quantitative estimate of drug-likeness (QED) is 0.850. The van der Waals surface area contributed by atoms with Crippen LogP contribution in [0.15, 0.2) is 24.3 Å². The normalized spacial score (nSPS) is 27.3. The van der Waals surface area contributed by atoms with Gasteiger partial charge in [-0.15, -0.1) is 0 Å². The molecule has 1 aliphatic heterocycles. The first-order valence-corrected chi connectivity index (χ1v) is 9.46. The first kappa shape index (κ1) is 16.8. The predicted octanol–water partition coefficient (Wildman–Crippen LogP) is 2.24. The lowest BCUT2D eigenvalue weighted by Gasteiger charge is -2.40. The van der Waals surface area contributed by atoms with Gasteiger partial charge in [-0.2, -0.15) is 0 Å². The van der Waals surface area contributed by atoms with Gasteiger partial charge >= 0.3 is 0 Å². The Morgan fingerprint density at radius 3 is 2.91 bits per heavy atom. The van der Waals surface area contributed by atoms with Crippen LogP contribution in [0, 0.1) is 5.92 Å². The third-order valence-corrected chi connectivity index (χ3v) is 5.75. The number of rotatable bonds is 5. The molecule has 3 nitrogen and oxygen atoms in total. The molecule has 0 radical (unpaired) electrons. The number of piperidine rings is 1.